The lowest BCUT2D eigenvalue weighted by Crippen LogP contribution is -2.24. The molecule has 1 aliphatic heterocycles. The average molecular weight is 365 g/mol. The first kappa shape index (κ1) is 17.1. The number of rotatable bonds is 4. The van der Waals surface area contributed by atoms with Gasteiger partial charge < -0.3 is 19.4 Å². The van der Waals surface area contributed by atoms with E-state index in [1.165, 1.54) is 0 Å². The van der Waals surface area contributed by atoms with Crippen LogP contribution in [-0.2, 0) is 6.54 Å². The fraction of sp³-hybridized carbons (Fsp3) is 0.250. The van der Waals surface area contributed by atoms with Crippen molar-refractivity contribution in [1.82, 2.24) is 9.55 Å². The fourth-order valence-electron chi connectivity index (χ4n) is 3.11. The van der Waals surface area contributed by atoms with Gasteiger partial charge in [0.1, 0.15) is 11.2 Å². The average Bonchev–Trinajstić information content (AvgIpc) is 3.11. The maximum Gasteiger partial charge on any atom is 0.261 e. The quantitative estimate of drug-likeness (QED) is 0.768. The normalized spacial score (nSPS) is 12.4. The molecule has 7 heteroatoms. The van der Waals surface area contributed by atoms with Gasteiger partial charge in [0.25, 0.3) is 5.91 Å². The van der Waals surface area contributed by atoms with Gasteiger partial charge in [-0.25, -0.2) is 4.98 Å². The number of carbonyl (C=O) groups is 1. The largest absolute Gasteiger partial charge is 0.454 e. The zero-order valence-electron chi connectivity index (χ0n) is 15.1. The Labute approximate surface area is 155 Å². The van der Waals surface area contributed by atoms with E-state index in [0.29, 0.717) is 34.8 Å². The zero-order valence-corrected chi connectivity index (χ0v) is 15.1. The highest BCUT2D eigenvalue weighted by Crippen LogP contribution is 2.34. The number of carbonyl (C=O) groups excluding carboxylic acids is 1. The van der Waals surface area contributed by atoms with Crippen LogP contribution in [0.3, 0.4) is 0 Å². The summed E-state index contributed by atoms with van der Waals surface area (Å²) in [6.45, 7) is 4.73. The van der Waals surface area contributed by atoms with Crippen LogP contribution in [0.2, 0.25) is 0 Å². The summed E-state index contributed by atoms with van der Waals surface area (Å²) in [5.41, 5.74) is 1.71. The molecule has 0 radical (unpaired) electrons. The van der Waals surface area contributed by atoms with Gasteiger partial charge in [0, 0.05) is 30.2 Å². The van der Waals surface area contributed by atoms with E-state index in [1.807, 2.05) is 18.4 Å². The molecule has 0 fully saturated rings. The molecule has 1 N–H and O–H groups in total. The van der Waals surface area contributed by atoms with Gasteiger partial charge in [0.15, 0.2) is 11.5 Å². The Hall–Kier alpha value is -3.35. The number of fused-ring (bicyclic) bond motifs is 2. The van der Waals surface area contributed by atoms with Gasteiger partial charge in [0.2, 0.25) is 12.2 Å². The van der Waals surface area contributed by atoms with E-state index in [-0.39, 0.29) is 17.8 Å². The molecular weight excluding hydrogens is 346 g/mol. The molecule has 1 aromatic carbocycles. The van der Waals surface area contributed by atoms with Crippen molar-refractivity contribution in [3.05, 3.63) is 58.0 Å². The van der Waals surface area contributed by atoms with E-state index < -0.39 is 5.91 Å². The number of ether oxygens (including phenoxy) is 2. The molecule has 1 aliphatic rings. The zero-order chi connectivity index (χ0) is 19.0. The first-order chi connectivity index (χ1) is 13.1. The van der Waals surface area contributed by atoms with Gasteiger partial charge in [-0.05, 0) is 37.6 Å². The number of hydrogen-bond acceptors (Lipinski definition) is 5. The van der Waals surface area contributed by atoms with E-state index in [9.17, 15) is 9.59 Å². The van der Waals surface area contributed by atoms with E-state index in [1.54, 1.807) is 36.5 Å². The second-order valence-electron chi connectivity index (χ2n) is 6.41. The minimum absolute atomic E-state index is 0.0827. The molecule has 7 nitrogen and oxygen atoms in total. The molecule has 1 amide bonds. The summed E-state index contributed by atoms with van der Waals surface area (Å²) in [4.78, 5) is 30.1. The van der Waals surface area contributed by atoms with Crippen LogP contribution < -0.4 is 20.2 Å². The van der Waals surface area contributed by atoms with Crippen molar-refractivity contribution in [2.75, 3.05) is 12.1 Å². The lowest BCUT2D eigenvalue weighted by molar-refractivity contribution is 0.102. The van der Waals surface area contributed by atoms with Crippen molar-refractivity contribution >= 4 is 22.6 Å². The van der Waals surface area contributed by atoms with Crippen LogP contribution in [0.15, 0.2) is 41.3 Å². The van der Waals surface area contributed by atoms with Gasteiger partial charge in [0.05, 0.1) is 5.39 Å². The summed E-state index contributed by atoms with van der Waals surface area (Å²) in [7, 11) is 0. The second-order valence-corrected chi connectivity index (χ2v) is 6.41. The number of pyridine rings is 2. The lowest BCUT2D eigenvalue weighted by Gasteiger charge is -2.12. The molecular formula is C20H19N3O4. The Balaban J connectivity index is 1.74. The highest BCUT2D eigenvalue weighted by molar-refractivity contribution is 6.05. The van der Waals surface area contributed by atoms with Crippen LogP contribution >= 0.6 is 0 Å². The van der Waals surface area contributed by atoms with Gasteiger partial charge >= 0.3 is 0 Å². The molecule has 4 rings (SSSR count). The van der Waals surface area contributed by atoms with Gasteiger partial charge in [-0.1, -0.05) is 6.92 Å². The summed E-state index contributed by atoms with van der Waals surface area (Å²) in [5, 5.41) is 3.20. The smallest absolute Gasteiger partial charge is 0.261 e. The number of benzene rings is 1. The second kappa shape index (κ2) is 6.75. The highest BCUT2D eigenvalue weighted by atomic mass is 16.7. The van der Waals surface area contributed by atoms with E-state index in [0.717, 1.165) is 12.1 Å². The fourth-order valence-corrected chi connectivity index (χ4v) is 3.11. The number of anilines is 1. The van der Waals surface area contributed by atoms with E-state index in [2.05, 4.69) is 10.3 Å². The van der Waals surface area contributed by atoms with Crippen LogP contribution in [0.4, 0.5) is 5.69 Å². The van der Waals surface area contributed by atoms with Crippen molar-refractivity contribution in [1.29, 1.82) is 0 Å². The lowest BCUT2D eigenvalue weighted by atomic mass is 10.1. The molecule has 0 saturated carbocycles. The van der Waals surface area contributed by atoms with Crippen LogP contribution in [0, 0.1) is 6.92 Å². The SMILES string of the molecule is CCCn1cc(C(=O)Nc2ccc3c(c2)OCO3)c(=O)c2ccc(C)nc21. The van der Waals surface area contributed by atoms with Crippen molar-refractivity contribution < 1.29 is 14.3 Å². The van der Waals surface area contributed by atoms with Crippen LogP contribution in [0.25, 0.3) is 11.0 Å². The number of nitrogens with zero attached hydrogens (tertiary/aromatic N) is 2. The molecule has 0 atom stereocenters. The maximum absolute atomic E-state index is 12.9. The molecule has 2 aromatic heterocycles. The minimum Gasteiger partial charge on any atom is -0.454 e. The third-order valence-electron chi connectivity index (χ3n) is 4.40. The topological polar surface area (TPSA) is 82.5 Å². The molecule has 27 heavy (non-hydrogen) atoms. The van der Waals surface area contributed by atoms with Crippen LogP contribution in [0.5, 0.6) is 11.5 Å². The summed E-state index contributed by atoms with van der Waals surface area (Å²) in [6, 6.07) is 8.61. The van der Waals surface area contributed by atoms with Gasteiger partial charge in [-0.3, -0.25) is 9.59 Å². The standard InChI is InChI=1S/C20H19N3O4/c1-3-8-23-10-15(18(24)14-6-4-12(2)21-19(14)23)20(25)22-13-5-7-16-17(9-13)27-11-26-16/h4-7,9-10H,3,8,11H2,1-2H3,(H,22,25). The molecule has 0 unspecified atom stereocenters. The predicted molar refractivity (Wildman–Crippen MR) is 102 cm³/mol. The van der Waals surface area contributed by atoms with E-state index >= 15 is 0 Å². The van der Waals surface area contributed by atoms with Gasteiger partial charge in [-0.15, -0.1) is 0 Å². The molecule has 3 aromatic rings. The Kier molecular flexibility index (Phi) is 4.27. The van der Waals surface area contributed by atoms with Crippen molar-refractivity contribution in [3.8, 4) is 11.5 Å². The summed E-state index contributed by atoms with van der Waals surface area (Å²) >= 11 is 0. The van der Waals surface area contributed by atoms with Crippen molar-refractivity contribution in [3.63, 3.8) is 0 Å². The number of nitrogens with one attached hydrogen (secondary N) is 1. The van der Waals surface area contributed by atoms with Crippen LogP contribution in [-0.4, -0.2) is 22.3 Å². The summed E-state index contributed by atoms with van der Waals surface area (Å²) in [6.07, 6.45) is 2.44. The summed E-state index contributed by atoms with van der Waals surface area (Å²) < 4.78 is 12.4. The third kappa shape index (κ3) is 3.12. The summed E-state index contributed by atoms with van der Waals surface area (Å²) in [5.74, 6) is 0.728. The molecule has 0 spiro atoms. The molecule has 0 saturated heterocycles. The monoisotopic (exact) mass is 365 g/mol. The predicted octanol–water partition coefficient (Wildman–Crippen LogP) is 3.10. The minimum atomic E-state index is -0.466. The first-order valence-electron chi connectivity index (χ1n) is 8.78. The van der Waals surface area contributed by atoms with Crippen LogP contribution in [0.1, 0.15) is 29.4 Å². The Morgan fingerprint density at radius 2 is 2.04 bits per heavy atom. The molecule has 0 bridgehead atoms. The molecule has 0 aliphatic carbocycles. The highest BCUT2D eigenvalue weighted by Gasteiger charge is 2.18. The first-order valence-corrected chi connectivity index (χ1v) is 8.78. The number of hydrogen-bond donors (Lipinski definition) is 1. The molecule has 138 valence electrons. The van der Waals surface area contributed by atoms with Crippen molar-refractivity contribution in [2.45, 2.75) is 26.8 Å². The third-order valence-corrected chi connectivity index (χ3v) is 4.40. The number of aromatic nitrogens is 2. The Bertz CT molecular complexity index is 1100. The molecule has 3 heterocycles. The van der Waals surface area contributed by atoms with E-state index in [4.69, 9.17) is 9.47 Å². The Morgan fingerprint density at radius 1 is 1.22 bits per heavy atom. The van der Waals surface area contributed by atoms with Crippen molar-refractivity contribution in [2.24, 2.45) is 0 Å². The Morgan fingerprint density at radius 3 is 2.85 bits per heavy atom. The maximum atomic E-state index is 12.9. The van der Waals surface area contributed by atoms with Gasteiger partial charge in [-0.2, -0.15) is 0 Å². The number of aryl methyl sites for hydroxylation is 2. The number of amides is 1.